The summed E-state index contributed by atoms with van der Waals surface area (Å²) in [6.07, 6.45) is 3.61. The molecule has 1 aliphatic carbocycles. The first-order valence-electron chi connectivity index (χ1n) is 10.7. The Morgan fingerprint density at radius 3 is 2.72 bits per heavy atom. The van der Waals surface area contributed by atoms with Crippen molar-refractivity contribution in [1.29, 1.82) is 0 Å². The molecule has 0 spiro atoms. The summed E-state index contributed by atoms with van der Waals surface area (Å²) in [5, 5.41) is 11.2. The lowest BCUT2D eigenvalue weighted by atomic mass is 9.93. The largest absolute Gasteiger partial charge is 0.492 e. The van der Waals surface area contributed by atoms with Crippen LogP contribution in [0, 0.1) is 17.8 Å². The topological polar surface area (TPSA) is 85.0 Å². The maximum Gasteiger partial charge on any atom is 0.166 e. The van der Waals surface area contributed by atoms with E-state index in [9.17, 15) is 9.90 Å². The number of hydrogen-bond acceptors (Lipinski definition) is 6. The molecule has 1 aromatic carbocycles. The standard InChI is InChI=1S/C22H29ClN2O4/c23-18-9-15(21-14(20(18)24)3-6-29-21)19(26)2-1-13-16-10-25(11-17(13)16)12-22(27)4-7-28-8-5-22/h9,13,16-17,27H,1-8,10-12,24H2. The number of fused-ring (bicyclic) bond motifs is 2. The Hall–Kier alpha value is -1.34. The molecule has 2 saturated heterocycles. The number of halogens is 1. The summed E-state index contributed by atoms with van der Waals surface area (Å²) in [7, 11) is 0. The van der Waals surface area contributed by atoms with Crippen molar-refractivity contribution in [3.8, 4) is 5.75 Å². The average Bonchev–Trinajstić information content (AvgIpc) is 3.06. The van der Waals surface area contributed by atoms with E-state index in [0.29, 0.717) is 72.4 Å². The van der Waals surface area contributed by atoms with Gasteiger partial charge < -0.3 is 20.3 Å². The molecule has 0 aromatic heterocycles. The number of nitrogens with two attached hydrogens (primary N) is 1. The van der Waals surface area contributed by atoms with Gasteiger partial charge in [0.1, 0.15) is 5.75 Å². The normalized spacial score (nSPS) is 29.9. The van der Waals surface area contributed by atoms with Crippen LogP contribution in [0.25, 0.3) is 0 Å². The molecule has 29 heavy (non-hydrogen) atoms. The lowest BCUT2D eigenvalue weighted by molar-refractivity contribution is -0.0788. The van der Waals surface area contributed by atoms with Crippen molar-refractivity contribution >= 4 is 23.1 Å². The molecule has 3 heterocycles. The van der Waals surface area contributed by atoms with Crippen LogP contribution in [0.15, 0.2) is 6.07 Å². The van der Waals surface area contributed by atoms with E-state index >= 15 is 0 Å². The number of carbonyl (C=O) groups is 1. The van der Waals surface area contributed by atoms with E-state index < -0.39 is 5.60 Å². The first-order valence-corrected chi connectivity index (χ1v) is 11.1. The molecule has 0 radical (unpaired) electrons. The van der Waals surface area contributed by atoms with Crippen LogP contribution in [0.4, 0.5) is 5.69 Å². The van der Waals surface area contributed by atoms with E-state index in [4.69, 9.17) is 26.8 Å². The van der Waals surface area contributed by atoms with Crippen molar-refractivity contribution in [2.45, 2.75) is 37.7 Å². The third kappa shape index (κ3) is 3.65. The summed E-state index contributed by atoms with van der Waals surface area (Å²) in [6.45, 7) is 4.70. The van der Waals surface area contributed by atoms with Crippen molar-refractivity contribution in [2.75, 3.05) is 45.2 Å². The second-order valence-corrected chi connectivity index (χ2v) is 9.62. The number of aliphatic hydroxyl groups is 1. The lowest BCUT2D eigenvalue weighted by Gasteiger charge is -2.36. The summed E-state index contributed by atoms with van der Waals surface area (Å²) in [5.74, 6) is 2.70. The maximum atomic E-state index is 12.9. The molecule has 7 heteroatoms. The van der Waals surface area contributed by atoms with E-state index in [1.165, 1.54) is 0 Å². The van der Waals surface area contributed by atoms with Crippen molar-refractivity contribution in [3.63, 3.8) is 0 Å². The predicted octanol–water partition coefficient (Wildman–Crippen LogP) is 2.54. The number of piperidine rings is 1. The number of hydrogen-bond donors (Lipinski definition) is 2. The average molecular weight is 421 g/mol. The van der Waals surface area contributed by atoms with Crippen LogP contribution in [0.1, 0.15) is 41.6 Å². The van der Waals surface area contributed by atoms with E-state index in [0.717, 1.165) is 44.5 Å². The molecule has 1 aromatic rings. The number of benzene rings is 1. The van der Waals surface area contributed by atoms with Crippen LogP contribution in [-0.2, 0) is 11.2 Å². The SMILES string of the molecule is Nc1c(Cl)cc(C(=O)CCC2C3CN(CC4(O)CCOCC4)CC23)c2c1CCO2. The van der Waals surface area contributed by atoms with Gasteiger partial charge in [-0.3, -0.25) is 9.69 Å². The van der Waals surface area contributed by atoms with Crippen molar-refractivity contribution in [3.05, 3.63) is 22.2 Å². The molecule has 6 nitrogen and oxygen atoms in total. The summed E-state index contributed by atoms with van der Waals surface area (Å²) in [6, 6.07) is 1.67. The Morgan fingerprint density at radius 2 is 2.00 bits per heavy atom. The van der Waals surface area contributed by atoms with Crippen molar-refractivity contribution in [2.24, 2.45) is 17.8 Å². The molecular formula is C22H29ClN2O4. The summed E-state index contributed by atoms with van der Waals surface area (Å²) in [4.78, 5) is 15.3. The van der Waals surface area contributed by atoms with Gasteiger partial charge in [0.2, 0.25) is 0 Å². The van der Waals surface area contributed by atoms with Gasteiger partial charge in [0, 0.05) is 64.1 Å². The van der Waals surface area contributed by atoms with E-state index in [-0.39, 0.29) is 5.78 Å². The minimum Gasteiger partial charge on any atom is -0.492 e. The van der Waals surface area contributed by atoms with Crippen molar-refractivity contribution in [1.82, 2.24) is 4.90 Å². The maximum absolute atomic E-state index is 12.9. The summed E-state index contributed by atoms with van der Waals surface area (Å²) < 4.78 is 11.1. The Labute approximate surface area is 176 Å². The number of likely N-dealkylation sites (tertiary alicyclic amines) is 1. The fraction of sp³-hybridized carbons (Fsp3) is 0.682. The third-order valence-corrected chi connectivity index (χ3v) is 7.68. The number of ketones is 1. The molecule has 3 aliphatic heterocycles. The highest BCUT2D eigenvalue weighted by atomic mass is 35.5. The number of ether oxygens (including phenoxy) is 2. The van der Waals surface area contributed by atoms with Crippen LogP contribution in [0.5, 0.6) is 5.75 Å². The van der Waals surface area contributed by atoms with E-state index in [2.05, 4.69) is 4.90 Å². The molecule has 1 saturated carbocycles. The number of rotatable bonds is 6. The highest BCUT2D eigenvalue weighted by Crippen LogP contribution is 2.54. The Balaban J connectivity index is 1.14. The van der Waals surface area contributed by atoms with Gasteiger partial charge in [-0.2, -0.15) is 0 Å². The van der Waals surface area contributed by atoms with Crippen LogP contribution in [-0.4, -0.2) is 60.8 Å². The first-order chi connectivity index (χ1) is 14.0. The fourth-order valence-electron chi connectivity index (χ4n) is 5.63. The summed E-state index contributed by atoms with van der Waals surface area (Å²) in [5.41, 5.74) is 7.46. The molecule has 158 valence electrons. The molecule has 0 amide bonds. The second kappa shape index (κ2) is 7.41. The van der Waals surface area contributed by atoms with Gasteiger partial charge in [0.25, 0.3) is 0 Å². The zero-order valence-corrected chi connectivity index (χ0v) is 17.4. The zero-order chi connectivity index (χ0) is 20.2. The van der Waals surface area contributed by atoms with E-state index in [1.807, 2.05) is 0 Å². The second-order valence-electron chi connectivity index (χ2n) is 9.21. The van der Waals surface area contributed by atoms with Gasteiger partial charge in [0.05, 0.1) is 28.5 Å². The first kappa shape index (κ1) is 19.6. The molecule has 2 unspecified atom stereocenters. The Bertz CT molecular complexity index is 812. The lowest BCUT2D eigenvalue weighted by Crippen LogP contribution is -2.46. The molecule has 5 rings (SSSR count). The number of Topliss-reactive ketones (excluding diaryl/α,β-unsaturated/α-hetero) is 1. The molecule has 0 bridgehead atoms. The number of β-amino-alcohol motifs (C(OH)–C–C–N with tert-alkyl or cyclic N) is 1. The highest BCUT2D eigenvalue weighted by molar-refractivity contribution is 6.33. The predicted molar refractivity (Wildman–Crippen MR) is 111 cm³/mol. The third-order valence-electron chi connectivity index (χ3n) is 7.36. The summed E-state index contributed by atoms with van der Waals surface area (Å²) >= 11 is 6.24. The number of anilines is 1. The van der Waals surface area contributed by atoms with Gasteiger partial charge in [-0.1, -0.05) is 11.6 Å². The van der Waals surface area contributed by atoms with Gasteiger partial charge in [0.15, 0.2) is 5.78 Å². The van der Waals surface area contributed by atoms with Crippen LogP contribution >= 0.6 is 11.6 Å². The number of nitrogens with zero attached hydrogens (tertiary/aromatic N) is 1. The molecular weight excluding hydrogens is 392 g/mol. The number of nitrogen functional groups attached to an aromatic ring is 1. The highest BCUT2D eigenvalue weighted by Gasteiger charge is 2.55. The molecule has 3 fully saturated rings. The van der Waals surface area contributed by atoms with Crippen molar-refractivity contribution < 1.29 is 19.4 Å². The molecule has 4 aliphatic rings. The van der Waals surface area contributed by atoms with Gasteiger partial charge in [-0.15, -0.1) is 0 Å². The minimum atomic E-state index is -0.588. The van der Waals surface area contributed by atoms with Crippen LogP contribution in [0.2, 0.25) is 5.02 Å². The zero-order valence-electron chi connectivity index (χ0n) is 16.7. The fourth-order valence-corrected chi connectivity index (χ4v) is 5.85. The van der Waals surface area contributed by atoms with E-state index in [1.54, 1.807) is 6.07 Å². The van der Waals surface area contributed by atoms with Crippen LogP contribution in [0.3, 0.4) is 0 Å². The Morgan fingerprint density at radius 1 is 1.28 bits per heavy atom. The molecule has 3 N–H and O–H groups in total. The monoisotopic (exact) mass is 420 g/mol. The smallest absolute Gasteiger partial charge is 0.166 e. The van der Waals surface area contributed by atoms with Crippen LogP contribution < -0.4 is 10.5 Å². The van der Waals surface area contributed by atoms with Gasteiger partial charge in [-0.25, -0.2) is 0 Å². The van der Waals surface area contributed by atoms with Gasteiger partial charge >= 0.3 is 0 Å². The minimum absolute atomic E-state index is 0.100. The molecule has 2 atom stereocenters. The number of carbonyl (C=O) groups excluding carboxylic acids is 1. The van der Waals surface area contributed by atoms with Gasteiger partial charge in [-0.05, 0) is 30.2 Å². The quantitative estimate of drug-likeness (QED) is 0.543. The Kier molecular flexibility index (Phi) is 5.01.